The fourth-order valence-corrected chi connectivity index (χ4v) is 3.87. The first kappa shape index (κ1) is 18.4. The van der Waals surface area contributed by atoms with Crippen molar-refractivity contribution in [1.82, 2.24) is 0 Å². The van der Waals surface area contributed by atoms with Crippen LogP contribution in [0.25, 0.3) is 11.1 Å². The van der Waals surface area contributed by atoms with E-state index in [1.54, 1.807) is 7.11 Å². The molecule has 3 heteroatoms. The second-order valence-electron chi connectivity index (χ2n) is 7.84. The van der Waals surface area contributed by atoms with E-state index in [-0.39, 0.29) is 0 Å². The summed E-state index contributed by atoms with van der Waals surface area (Å²) in [6, 6.07) is 18.6. The predicted octanol–water partition coefficient (Wildman–Crippen LogP) is 6.19. The lowest BCUT2D eigenvalue weighted by Crippen LogP contribution is -2.29. The monoisotopic (exact) mass is 374 g/mol. The third-order valence-electron chi connectivity index (χ3n) is 5.36. The lowest BCUT2D eigenvalue weighted by atomic mass is 9.84. The molecule has 0 aliphatic carbocycles. The van der Waals surface area contributed by atoms with Crippen molar-refractivity contribution in [2.45, 2.75) is 39.9 Å². The maximum atomic E-state index is 6.40. The SMILES string of the molecule is COc1cc2c(cc1C)-c1c(ccc(C)c1OCc1ccccc1)OC2(C)C. The molecule has 0 spiro atoms. The van der Waals surface area contributed by atoms with E-state index >= 15 is 0 Å². The summed E-state index contributed by atoms with van der Waals surface area (Å²) in [5, 5.41) is 0. The summed E-state index contributed by atoms with van der Waals surface area (Å²) in [6.07, 6.45) is 0. The van der Waals surface area contributed by atoms with Crippen molar-refractivity contribution in [3.05, 3.63) is 76.9 Å². The number of hydrogen-bond donors (Lipinski definition) is 0. The third-order valence-corrected chi connectivity index (χ3v) is 5.36. The van der Waals surface area contributed by atoms with Crippen molar-refractivity contribution in [1.29, 1.82) is 0 Å². The molecule has 3 aromatic carbocycles. The van der Waals surface area contributed by atoms with Crippen molar-refractivity contribution in [3.63, 3.8) is 0 Å². The average Bonchev–Trinajstić information content (AvgIpc) is 2.67. The maximum absolute atomic E-state index is 6.40. The van der Waals surface area contributed by atoms with E-state index in [4.69, 9.17) is 14.2 Å². The smallest absolute Gasteiger partial charge is 0.134 e. The Kier molecular flexibility index (Phi) is 4.54. The van der Waals surface area contributed by atoms with Gasteiger partial charge in [0.15, 0.2) is 0 Å². The quantitative estimate of drug-likeness (QED) is 0.545. The van der Waals surface area contributed by atoms with Crippen molar-refractivity contribution in [2.75, 3.05) is 7.11 Å². The Bertz CT molecular complexity index is 1020. The van der Waals surface area contributed by atoms with Gasteiger partial charge in [0, 0.05) is 5.56 Å². The Labute approximate surface area is 166 Å². The van der Waals surface area contributed by atoms with E-state index in [9.17, 15) is 0 Å². The van der Waals surface area contributed by atoms with Crippen LogP contribution in [0.2, 0.25) is 0 Å². The Morgan fingerprint density at radius 3 is 2.39 bits per heavy atom. The fraction of sp³-hybridized carbons (Fsp3) is 0.280. The first-order valence-corrected chi connectivity index (χ1v) is 9.59. The average molecular weight is 374 g/mol. The number of hydrogen-bond acceptors (Lipinski definition) is 3. The highest BCUT2D eigenvalue weighted by molar-refractivity contribution is 5.84. The third kappa shape index (κ3) is 3.11. The molecule has 0 bridgehead atoms. The van der Waals surface area contributed by atoms with E-state index in [0.29, 0.717) is 6.61 Å². The number of methoxy groups -OCH3 is 1. The van der Waals surface area contributed by atoms with Gasteiger partial charge in [0.1, 0.15) is 29.5 Å². The molecule has 0 amide bonds. The van der Waals surface area contributed by atoms with E-state index < -0.39 is 5.60 Å². The second kappa shape index (κ2) is 6.90. The molecule has 0 atom stereocenters. The lowest BCUT2D eigenvalue weighted by molar-refractivity contribution is 0.104. The predicted molar refractivity (Wildman–Crippen MR) is 112 cm³/mol. The van der Waals surface area contributed by atoms with Gasteiger partial charge in [-0.25, -0.2) is 0 Å². The summed E-state index contributed by atoms with van der Waals surface area (Å²) >= 11 is 0. The first-order valence-electron chi connectivity index (χ1n) is 9.59. The number of rotatable bonds is 4. The van der Waals surface area contributed by atoms with Crippen LogP contribution in [0.1, 0.15) is 36.1 Å². The molecular formula is C25H26O3. The van der Waals surface area contributed by atoms with Crippen molar-refractivity contribution in [3.8, 4) is 28.4 Å². The molecule has 4 rings (SSSR count). The molecule has 3 aromatic rings. The van der Waals surface area contributed by atoms with Gasteiger partial charge >= 0.3 is 0 Å². The molecule has 0 saturated carbocycles. The topological polar surface area (TPSA) is 27.7 Å². The van der Waals surface area contributed by atoms with Gasteiger partial charge in [0.25, 0.3) is 0 Å². The van der Waals surface area contributed by atoms with E-state index in [1.807, 2.05) is 24.3 Å². The van der Waals surface area contributed by atoms with Crippen molar-refractivity contribution < 1.29 is 14.2 Å². The van der Waals surface area contributed by atoms with Gasteiger partial charge in [0.2, 0.25) is 0 Å². The summed E-state index contributed by atoms with van der Waals surface area (Å²) < 4.78 is 18.3. The van der Waals surface area contributed by atoms with Crippen LogP contribution in [0.3, 0.4) is 0 Å². The number of benzene rings is 3. The van der Waals surface area contributed by atoms with E-state index in [2.05, 4.69) is 58.0 Å². The van der Waals surface area contributed by atoms with Gasteiger partial charge in [-0.2, -0.15) is 0 Å². The van der Waals surface area contributed by atoms with Crippen LogP contribution >= 0.6 is 0 Å². The highest BCUT2D eigenvalue weighted by Gasteiger charge is 2.35. The van der Waals surface area contributed by atoms with Gasteiger partial charge in [-0.1, -0.05) is 36.4 Å². The summed E-state index contributed by atoms with van der Waals surface area (Å²) in [5.74, 6) is 2.61. The summed E-state index contributed by atoms with van der Waals surface area (Å²) in [7, 11) is 1.71. The zero-order chi connectivity index (χ0) is 19.9. The lowest BCUT2D eigenvalue weighted by Gasteiger charge is -2.36. The van der Waals surface area contributed by atoms with Gasteiger partial charge in [-0.3, -0.25) is 0 Å². The number of fused-ring (bicyclic) bond motifs is 3. The molecule has 0 radical (unpaired) electrons. The second-order valence-corrected chi connectivity index (χ2v) is 7.84. The zero-order valence-corrected chi connectivity index (χ0v) is 17.1. The Balaban J connectivity index is 1.86. The molecule has 3 nitrogen and oxygen atoms in total. The molecule has 0 aromatic heterocycles. The standard InChI is InChI=1S/C25H26O3/c1-16-11-12-21-23(24(16)27-15-18-9-7-6-8-10-18)19-13-17(2)22(26-5)14-20(19)25(3,4)28-21/h6-14H,15H2,1-5H3. The minimum Gasteiger partial charge on any atom is -0.496 e. The molecule has 144 valence electrons. The van der Waals surface area contributed by atoms with E-state index in [1.165, 1.54) is 0 Å². The first-order chi connectivity index (χ1) is 13.4. The van der Waals surface area contributed by atoms with Crippen LogP contribution in [0.5, 0.6) is 17.2 Å². The minimum atomic E-state index is -0.449. The molecule has 0 N–H and O–H groups in total. The summed E-state index contributed by atoms with van der Waals surface area (Å²) in [4.78, 5) is 0. The van der Waals surface area contributed by atoms with Crippen LogP contribution in [-0.2, 0) is 12.2 Å². The summed E-state index contributed by atoms with van der Waals surface area (Å²) in [5.41, 5.74) is 6.17. The number of aryl methyl sites for hydroxylation is 2. The van der Waals surface area contributed by atoms with Crippen molar-refractivity contribution in [2.24, 2.45) is 0 Å². The molecule has 0 saturated heterocycles. The van der Waals surface area contributed by atoms with Gasteiger partial charge in [-0.15, -0.1) is 0 Å². The molecule has 1 aliphatic rings. The minimum absolute atomic E-state index is 0.449. The van der Waals surface area contributed by atoms with Crippen LogP contribution < -0.4 is 14.2 Å². The normalized spacial score (nSPS) is 13.9. The fourth-order valence-electron chi connectivity index (χ4n) is 3.87. The molecular weight excluding hydrogens is 348 g/mol. The van der Waals surface area contributed by atoms with Gasteiger partial charge in [-0.05, 0) is 68.1 Å². The molecule has 28 heavy (non-hydrogen) atoms. The van der Waals surface area contributed by atoms with Gasteiger partial charge < -0.3 is 14.2 Å². The number of ether oxygens (including phenoxy) is 3. The van der Waals surface area contributed by atoms with E-state index in [0.717, 1.165) is 50.6 Å². The summed E-state index contributed by atoms with van der Waals surface area (Å²) in [6.45, 7) is 8.85. The van der Waals surface area contributed by atoms with Crippen LogP contribution in [0.4, 0.5) is 0 Å². The highest BCUT2D eigenvalue weighted by atomic mass is 16.5. The molecule has 1 heterocycles. The molecule has 0 unspecified atom stereocenters. The van der Waals surface area contributed by atoms with Crippen LogP contribution in [-0.4, -0.2) is 7.11 Å². The zero-order valence-electron chi connectivity index (χ0n) is 17.1. The molecule has 0 fully saturated rings. The van der Waals surface area contributed by atoms with Crippen LogP contribution in [0, 0.1) is 13.8 Å². The molecule has 1 aliphatic heterocycles. The largest absolute Gasteiger partial charge is 0.496 e. The Morgan fingerprint density at radius 2 is 1.68 bits per heavy atom. The maximum Gasteiger partial charge on any atom is 0.134 e. The van der Waals surface area contributed by atoms with Crippen LogP contribution in [0.15, 0.2) is 54.6 Å². The Morgan fingerprint density at radius 1 is 0.929 bits per heavy atom. The Hall–Kier alpha value is -2.94. The van der Waals surface area contributed by atoms with Gasteiger partial charge in [0.05, 0.1) is 12.7 Å². The van der Waals surface area contributed by atoms with Crippen molar-refractivity contribution >= 4 is 0 Å². The highest BCUT2D eigenvalue weighted by Crippen LogP contribution is 2.51.